The third-order valence-electron chi connectivity index (χ3n) is 8.24. The van der Waals surface area contributed by atoms with Gasteiger partial charge in [-0.25, -0.2) is 14.6 Å². The van der Waals surface area contributed by atoms with Crippen molar-refractivity contribution >= 4 is 29.0 Å². The average Bonchev–Trinajstić information content (AvgIpc) is 3.24. The van der Waals surface area contributed by atoms with Gasteiger partial charge in [0.1, 0.15) is 17.6 Å². The standard InChI is InChI=1S/C32H41N5O5/c1-18-19(2)21(4)29(22(5)20(18)3)42-32(41)36-26(31(39)40)17-28-35-25-13-12-23(16-24(25)30(38)37-28)10-9-15-34-27-11-7-6-8-14-33-27/h9-10,12-13,16,26-27,33-34H,6-8,11,14-15,17H2,1-5H3,(H,36,41)(H,39,40)(H,35,37,38)/b10-9+/t26-,27?/m0/s1. The molecule has 10 nitrogen and oxygen atoms in total. The normalized spacial score (nSPS) is 16.4. The second-order valence-corrected chi connectivity index (χ2v) is 11.0. The van der Waals surface area contributed by atoms with Crippen LogP contribution in [0.2, 0.25) is 0 Å². The van der Waals surface area contributed by atoms with Crippen LogP contribution in [-0.2, 0) is 11.2 Å². The minimum Gasteiger partial charge on any atom is -0.480 e. The molecule has 4 rings (SSSR count). The fraction of sp³-hybridized carbons (Fsp3) is 0.438. The zero-order valence-electron chi connectivity index (χ0n) is 25.0. The van der Waals surface area contributed by atoms with Crippen LogP contribution in [0.1, 0.15) is 64.9 Å². The number of aromatic amines is 1. The second-order valence-electron chi connectivity index (χ2n) is 11.0. The number of rotatable bonds is 9. The van der Waals surface area contributed by atoms with E-state index in [-0.39, 0.29) is 17.8 Å². The number of carboxylic acid groups (broad SMARTS) is 1. The number of H-pyrrole nitrogens is 1. The number of fused-ring (bicyclic) bond motifs is 1. The maximum atomic E-state index is 12.9. The van der Waals surface area contributed by atoms with E-state index in [4.69, 9.17) is 4.74 Å². The third kappa shape index (κ3) is 7.43. The summed E-state index contributed by atoms with van der Waals surface area (Å²) in [5.41, 5.74) is 5.70. The zero-order valence-corrected chi connectivity index (χ0v) is 25.0. The molecule has 1 amide bonds. The lowest BCUT2D eigenvalue weighted by Gasteiger charge is -2.19. The Morgan fingerprint density at radius 2 is 1.79 bits per heavy atom. The molecule has 2 atom stereocenters. The quantitative estimate of drug-likeness (QED) is 0.253. The van der Waals surface area contributed by atoms with Crippen LogP contribution in [0.3, 0.4) is 0 Å². The van der Waals surface area contributed by atoms with Crippen LogP contribution >= 0.6 is 0 Å². The van der Waals surface area contributed by atoms with Crippen molar-refractivity contribution in [2.45, 2.75) is 78.9 Å². The van der Waals surface area contributed by atoms with Crippen molar-refractivity contribution in [3.63, 3.8) is 0 Å². The Kier molecular flexibility index (Phi) is 10.1. The molecule has 2 aromatic carbocycles. The molecule has 1 saturated heterocycles. The highest BCUT2D eigenvalue weighted by molar-refractivity contribution is 5.82. The van der Waals surface area contributed by atoms with E-state index in [2.05, 4.69) is 25.9 Å². The number of hydrogen-bond acceptors (Lipinski definition) is 7. The third-order valence-corrected chi connectivity index (χ3v) is 8.24. The molecule has 0 spiro atoms. The van der Waals surface area contributed by atoms with Gasteiger partial charge in [-0.1, -0.05) is 31.1 Å². The Labute approximate surface area is 246 Å². The maximum absolute atomic E-state index is 12.9. The molecule has 1 unspecified atom stereocenters. The van der Waals surface area contributed by atoms with Gasteiger partial charge in [-0.15, -0.1) is 0 Å². The molecule has 1 fully saturated rings. The van der Waals surface area contributed by atoms with Gasteiger partial charge in [0.2, 0.25) is 0 Å². The molecule has 0 saturated carbocycles. The highest BCUT2D eigenvalue weighted by atomic mass is 16.6. The van der Waals surface area contributed by atoms with Crippen LogP contribution in [0.5, 0.6) is 5.75 Å². The molecule has 0 bridgehead atoms. The Morgan fingerprint density at radius 1 is 1.07 bits per heavy atom. The topological polar surface area (TPSA) is 145 Å². The van der Waals surface area contributed by atoms with Gasteiger partial charge in [0.05, 0.1) is 17.1 Å². The van der Waals surface area contributed by atoms with Crippen molar-refractivity contribution in [3.8, 4) is 5.75 Å². The molecule has 1 aromatic heterocycles. The van der Waals surface area contributed by atoms with Crippen molar-refractivity contribution < 1.29 is 19.4 Å². The monoisotopic (exact) mass is 575 g/mol. The van der Waals surface area contributed by atoms with Crippen LogP contribution in [-0.4, -0.2) is 52.4 Å². The lowest BCUT2D eigenvalue weighted by Crippen LogP contribution is -2.44. The van der Waals surface area contributed by atoms with E-state index in [1.807, 2.05) is 52.8 Å². The number of carbonyl (C=O) groups is 2. The van der Waals surface area contributed by atoms with Crippen molar-refractivity contribution in [1.29, 1.82) is 0 Å². The first kappa shape index (κ1) is 30.9. The van der Waals surface area contributed by atoms with Gasteiger partial charge in [0, 0.05) is 13.0 Å². The van der Waals surface area contributed by atoms with Crippen LogP contribution in [0, 0.1) is 34.6 Å². The van der Waals surface area contributed by atoms with Crippen LogP contribution < -0.4 is 26.2 Å². The molecule has 42 heavy (non-hydrogen) atoms. The van der Waals surface area contributed by atoms with E-state index < -0.39 is 18.1 Å². The number of benzene rings is 2. The Hall–Kier alpha value is -4.02. The van der Waals surface area contributed by atoms with E-state index in [9.17, 15) is 19.5 Å². The van der Waals surface area contributed by atoms with Gasteiger partial charge in [0.15, 0.2) is 0 Å². The summed E-state index contributed by atoms with van der Waals surface area (Å²) < 4.78 is 5.58. The zero-order chi connectivity index (χ0) is 30.4. The number of ether oxygens (including phenoxy) is 1. The van der Waals surface area contributed by atoms with Gasteiger partial charge in [0.25, 0.3) is 5.56 Å². The highest BCUT2D eigenvalue weighted by Crippen LogP contribution is 2.32. The summed E-state index contributed by atoms with van der Waals surface area (Å²) >= 11 is 0. The van der Waals surface area contributed by atoms with E-state index in [1.54, 1.807) is 12.1 Å². The molecule has 0 aliphatic carbocycles. The number of hydrogen-bond donors (Lipinski definition) is 5. The second kappa shape index (κ2) is 13.8. The first-order valence-electron chi connectivity index (χ1n) is 14.5. The molecule has 2 heterocycles. The number of aliphatic carboxylic acids is 1. The molecule has 1 aliphatic rings. The van der Waals surface area contributed by atoms with E-state index in [1.165, 1.54) is 19.3 Å². The fourth-order valence-electron chi connectivity index (χ4n) is 5.29. The summed E-state index contributed by atoms with van der Waals surface area (Å²) in [6.45, 7) is 11.4. The number of aromatic nitrogens is 2. The van der Waals surface area contributed by atoms with E-state index in [0.717, 1.165) is 46.3 Å². The maximum Gasteiger partial charge on any atom is 0.413 e. The first-order chi connectivity index (χ1) is 20.0. The lowest BCUT2D eigenvalue weighted by molar-refractivity contribution is -0.139. The molecule has 5 N–H and O–H groups in total. The predicted octanol–water partition coefficient (Wildman–Crippen LogP) is 4.34. The first-order valence-corrected chi connectivity index (χ1v) is 14.5. The minimum atomic E-state index is -1.36. The summed E-state index contributed by atoms with van der Waals surface area (Å²) in [4.78, 5) is 44.8. The molecular weight excluding hydrogens is 534 g/mol. The molecule has 1 aliphatic heterocycles. The van der Waals surface area contributed by atoms with Crippen LogP contribution in [0.15, 0.2) is 29.1 Å². The number of carbonyl (C=O) groups excluding carboxylic acids is 1. The molecule has 3 aromatic rings. The number of carboxylic acids is 1. The van der Waals surface area contributed by atoms with Crippen molar-refractivity contribution in [2.24, 2.45) is 0 Å². The number of amides is 1. The summed E-state index contributed by atoms with van der Waals surface area (Å²) in [5.74, 6) is -0.707. The number of nitrogens with zero attached hydrogens (tertiary/aromatic N) is 1. The van der Waals surface area contributed by atoms with Crippen molar-refractivity contribution in [1.82, 2.24) is 25.9 Å². The smallest absolute Gasteiger partial charge is 0.413 e. The van der Waals surface area contributed by atoms with Crippen LogP contribution in [0.4, 0.5) is 4.79 Å². The van der Waals surface area contributed by atoms with Gasteiger partial charge < -0.3 is 25.5 Å². The Balaban J connectivity index is 1.43. The summed E-state index contributed by atoms with van der Waals surface area (Å²) in [5, 5.41) is 19.6. The fourth-order valence-corrected chi connectivity index (χ4v) is 5.29. The molecule has 224 valence electrons. The molecular formula is C32H41N5O5. The summed E-state index contributed by atoms with van der Waals surface area (Å²) in [7, 11) is 0. The van der Waals surface area contributed by atoms with Crippen LogP contribution in [0.25, 0.3) is 17.0 Å². The molecule has 10 heteroatoms. The Morgan fingerprint density at radius 3 is 2.50 bits per heavy atom. The molecule has 0 radical (unpaired) electrons. The van der Waals surface area contributed by atoms with Gasteiger partial charge in [-0.2, -0.15) is 0 Å². The predicted molar refractivity (Wildman–Crippen MR) is 164 cm³/mol. The van der Waals surface area contributed by atoms with Gasteiger partial charge in [-0.3, -0.25) is 10.1 Å². The average molecular weight is 576 g/mol. The number of nitrogens with one attached hydrogen (secondary N) is 4. The van der Waals surface area contributed by atoms with Gasteiger partial charge in [-0.05, 0) is 99.5 Å². The van der Waals surface area contributed by atoms with Crippen molar-refractivity contribution in [2.75, 3.05) is 13.1 Å². The highest BCUT2D eigenvalue weighted by Gasteiger charge is 2.24. The lowest BCUT2D eigenvalue weighted by atomic mass is 9.94. The Bertz CT molecular complexity index is 1520. The van der Waals surface area contributed by atoms with Gasteiger partial charge >= 0.3 is 12.1 Å². The summed E-state index contributed by atoms with van der Waals surface area (Å²) in [6, 6.07) is 3.99. The summed E-state index contributed by atoms with van der Waals surface area (Å²) in [6.07, 6.45) is 7.98. The largest absolute Gasteiger partial charge is 0.480 e. The SMILES string of the molecule is Cc1c(C)c(C)c(OC(=O)N[C@@H](Cc2nc3ccc(/C=C/CNC4CCCCCN4)cc3c(=O)[nH]2)C(=O)O)c(C)c1C. The minimum absolute atomic E-state index is 0.151. The van der Waals surface area contributed by atoms with Crippen molar-refractivity contribution in [3.05, 3.63) is 73.8 Å². The van der Waals surface area contributed by atoms with E-state index in [0.29, 0.717) is 29.4 Å². The van der Waals surface area contributed by atoms with E-state index >= 15 is 0 Å².